The van der Waals surface area contributed by atoms with Gasteiger partial charge in [0.05, 0.1) is 11.7 Å². The largest absolute Gasteiger partial charge is 0.465 e. The number of benzene rings is 1. The van der Waals surface area contributed by atoms with E-state index in [9.17, 15) is 4.79 Å². The first-order chi connectivity index (χ1) is 12.6. The number of amides is 1. The highest BCUT2D eigenvalue weighted by Gasteiger charge is 2.26. The van der Waals surface area contributed by atoms with Gasteiger partial charge in [-0.15, -0.1) is 0 Å². The van der Waals surface area contributed by atoms with Crippen molar-refractivity contribution in [1.29, 1.82) is 0 Å². The Balaban J connectivity index is 1.66. The fourth-order valence-corrected chi connectivity index (χ4v) is 4.09. The van der Waals surface area contributed by atoms with Gasteiger partial charge in [0.15, 0.2) is 0 Å². The van der Waals surface area contributed by atoms with E-state index in [-0.39, 0.29) is 6.04 Å². The van der Waals surface area contributed by atoms with E-state index in [4.69, 9.17) is 16.7 Å². The second-order valence-electron chi connectivity index (χ2n) is 6.82. The number of rotatable bonds is 3. The highest BCUT2D eigenvalue weighted by atomic mass is 35.5. The van der Waals surface area contributed by atoms with Crippen LogP contribution in [0.1, 0.15) is 37.2 Å². The number of hydrogen-bond donors (Lipinski definition) is 2. The van der Waals surface area contributed by atoms with Crippen LogP contribution in [0, 0.1) is 0 Å². The first-order valence-electron chi connectivity index (χ1n) is 8.82. The summed E-state index contributed by atoms with van der Waals surface area (Å²) in [5, 5.41) is 13.5. The third kappa shape index (κ3) is 3.27. The number of carboxylic acid groups (broad SMARTS) is 1. The summed E-state index contributed by atoms with van der Waals surface area (Å²) in [5.74, 6) is 0.431. The summed E-state index contributed by atoms with van der Waals surface area (Å²) in [5.41, 5.74) is 3.45. The second kappa shape index (κ2) is 7.00. The molecular weight excluding hydrogens is 350 g/mol. The maximum Gasteiger partial charge on any atom is 0.404 e. The monoisotopic (exact) mass is 369 g/mol. The van der Waals surface area contributed by atoms with Crippen LogP contribution in [0.3, 0.4) is 0 Å². The van der Waals surface area contributed by atoms with Gasteiger partial charge in [-0.3, -0.25) is 4.98 Å². The molecule has 0 saturated heterocycles. The Kier molecular flexibility index (Phi) is 4.55. The van der Waals surface area contributed by atoms with E-state index < -0.39 is 6.09 Å². The Morgan fingerprint density at radius 3 is 2.58 bits per heavy atom. The van der Waals surface area contributed by atoms with Crippen molar-refractivity contribution < 1.29 is 9.90 Å². The second-order valence-corrected chi connectivity index (χ2v) is 7.26. The molecular formula is C20H20ClN3O2. The molecule has 0 bridgehead atoms. The van der Waals surface area contributed by atoms with E-state index in [1.54, 1.807) is 0 Å². The van der Waals surface area contributed by atoms with E-state index in [1.807, 2.05) is 36.7 Å². The standard InChI is InChI=1S/C20H20ClN3O2/c21-14-3-7-16(8-4-14)24-12-18(17-9-10-22-11-19(17)24)13-1-5-15(6-2-13)23-20(25)26/h3-4,7-13,15,23H,1-2,5-6H2,(H,25,26). The van der Waals surface area contributed by atoms with Gasteiger partial charge >= 0.3 is 6.09 Å². The van der Waals surface area contributed by atoms with Gasteiger partial charge < -0.3 is 15.0 Å². The van der Waals surface area contributed by atoms with Crippen molar-refractivity contribution in [3.05, 3.63) is 59.5 Å². The van der Waals surface area contributed by atoms with E-state index in [1.165, 1.54) is 10.9 Å². The van der Waals surface area contributed by atoms with Gasteiger partial charge in [-0.05, 0) is 67.5 Å². The minimum absolute atomic E-state index is 0.0648. The summed E-state index contributed by atoms with van der Waals surface area (Å²) in [6.45, 7) is 0. The van der Waals surface area contributed by atoms with Crippen molar-refractivity contribution in [3.63, 3.8) is 0 Å². The zero-order chi connectivity index (χ0) is 18.1. The summed E-state index contributed by atoms with van der Waals surface area (Å²) in [6, 6.07) is 9.93. The van der Waals surface area contributed by atoms with Gasteiger partial charge in [0.25, 0.3) is 0 Å². The Hall–Kier alpha value is -2.53. The first-order valence-corrected chi connectivity index (χ1v) is 9.20. The molecule has 3 aromatic rings. The van der Waals surface area contributed by atoms with Gasteiger partial charge in [0, 0.05) is 34.5 Å². The average Bonchev–Trinajstić information content (AvgIpc) is 3.02. The van der Waals surface area contributed by atoms with Crippen LogP contribution in [0.25, 0.3) is 16.6 Å². The summed E-state index contributed by atoms with van der Waals surface area (Å²) >= 11 is 6.02. The minimum Gasteiger partial charge on any atom is -0.465 e. The number of hydrogen-bond acceptors (Lipinski definition) is 2. The molecule has 1 aliphatic carbocycles. The number of aromatic nitrogens is 2. The van der Waals surface area contributed by atoms with Crippen LogP contribution in [-0.2, 0) is 0 Å². The molecule has 1 fully saturated rings. The Morgan fingerprint density at radius 2 is 1.88 bits per heavy atom. The lowest BCUT2D eigenvalue weighted by Crippen LogP contribution is -2.36. The van der Waals surface area contributed by atoms with Crippen LogP contribution in [0.15, 0.2) is 48.9 Å². The smallest absolute Gasteiger partial charge is 0.404 e. The van der Waals surface area contributed by atoms with Gasteiger partial charge in [-0.25, -0.2) is 4.79 Å². The molecule has 26 heavy (non-hydrogen) atoms. The normalized spacial score (nSPS) is 20.2. The zero-order valence-electron chi connectivity index (χ0n) is 14.2. The van der Waals surface area contributed by atoms with Crippen molar-refractivity contribution in [3.8, 4) is 5.69 Å². The van der Waals surface area contributed by atoms with E-state index in [0.29, 0.717) is 10.9 Å². The van der Waals surface area contributed by atoms with Crippen LogP contribution in [0.2, 0.25) is 5.02 Å². The van der Waals surface area contributed by atoms with Gasteiger partial charge in [-0.1, -0.05) is 11.6 Å². The molecule has 1 amide bonds. The number of pyridine rings is 1. The Morgan fingerprint density at radius 1 is 1.15 bits per heavy atom. The SMILES string of the molecule is O=C(O)NC1CCC(c2cn(-c3ccc(Cl)cc3)c3cnccc23)CC1. The van der Waals surface area contributed by atoms with Crippen molar-refractivity contribution in [1.82, 2.24) is 14.9 Å². The van der Waals surface area contributed by atoms with Crippen molar-refractivity contribution in [2.24, 2.45) is 0 Å². The van der Waals surface area contributed by atoms with Crippen LogP contribution in [0.5, 0.6) is 0 Å². The summed E-state index contributed by atoms with van der Waals surface area (Å²) in [7, 11) is 0. The lowest BCUT2D eigenvalue weighted by molar-refractivity contribution is 0.185. The highest BCUT2D eigenvalue weighted by molar-refractivity contribution is 6.30. The molecule has 2 aromatic heterocycles. The number of nitrogens with zero attached hydrogens (tertiary/aromatic N) is 2. The fourth-order valence-electron chi connectivity index (χ4n) is 3.96. The molecule has 1 aliphatic rings. The van der Waals surface area contributed by atoms with Crippen LogP contribution < -0.4 is 5.32 Å². The minimum atomic E-state index is -0.932. The molecule has 134 valence electrons. The lowest BCUT2D eigenvalue weighted by Gasteiger charge is -2.28. The van der Waals surface area contributed by atoms with Crippen LogP contribution >= 0.6 is 11.6 Å². The lowest BCUT2D eigenvalue weighted by atomic mass is 9.82. The molecule has 1 aromatic carbocycles. The van der Waals surface area contributed by atoms with Crippen LogP contribution in [-0.4, -0.2) is 26.8 Å². The third-order valence-corrected chi connectivity index (χ3v) is 5.49. The predicted octanol–water partition coefficient (Wildman–Crippen LogP) is 4.97. The van der Waals surface area contributed by atoms with Crippen LogP contribution in [0.4, 0.5) is 4.79 Å². The van der Waals surface area contributed by atoms with Crippen molar-refractivity contribution in [2.75, 3.05) is 0 Å². The maximum atomic E-state index is 10.8. The van der Waals surface area contributed by atoms with Crippen molar-refractivity contribution >= 4 is 28.6 Å². The molecule has 6 heteroatoms. The zero-order valence-corrected chi connectivity index (χ0v) is 15.0. The number of nitrogens with one attached hydrogen (secondary N) is 1. The third-order valence-electron chi connectivity index (χ3n) is 5.24. The topological polar surface area (TPSA) is 67.2 Å². The molecule has 5 nitrogen and oxygen atoms in total. The Bertz CT molecular complexity index is 928. The molecule has 0 spiro atoms. The molecule has 0 radical (unpaired) electrons. The van der Waals surface area contributed by atoms with E-state index >= 15 is 0 Å². The highest BCUT2D eigenvalue weighted by Crippen LogP contribution is 2.38. The Labute approximate surface area is 156 Å². The maximum absolute atomic E-state index is 10.8. The molecule has 0 atom stereocenters. The molecule has 2 N–H and O–H groups in total. The average molecular weight is 370 g/mol. The van der Waals surface area contributed by atoms with Crippen molar-refractivity contribution in [2.45, 2.75) is 37.6 Å². The van der Waals surface area contributed by atoms with Gasteiger partial charge in [0.2, 0.25) is 0 Å². The summed E-state index contributed by atoms with van der Waals surface area (Å²) < 4.78 is 2.16. The molecule has 4 rings (SSSR count). The number of fused-ring (bicyclic) bond motifs is 1. The number of halogens is 1. The van der Waals surface area contributed by atoms with E-state index in [0.717, 1.165) is 36.9 Å². The van der Waals surface area contributed by atoms with Gasteiger partial charge in [0.1, 0.15) is 0 Å². The molecule has 1 saturated carbocycles. The molecule has 0 aliphatic heterocycles. The summed E-state index contributed by atoms with van der Waals surface area (Å²) in [4.78, 5) is 15.1. The predicted molar refractivity (Wildman–Crippen MR) is 102 cm³/mol. The van der Waals surface area contributed by atoms with E-state index in [2.05, 4.69) is 27.1 Å². The van der Waals surface area contributed by atoms with Gasteiger partial charge in [-0.2, -0.15) is 0 Å². The summed E-state index contributed by atoms with van der Waals surface area (Å²) in [6.07, 6.45) is 8.69. The molecule has 0 unspecified atom stereocenters. The first kappa shape index (κ1) is 16.9. The molecule has 2 heterocycles. The fraction of sp³-hybridized carbons (Fsp3) is 0.300. The quantitative estimate of drug-likeness (QED) is 0.684. The number of carbonyl (C=O) groups is 1.